The number of carbonyl (C=O) groups excluding carboxylic acids is 4. The summed E-state index contributed by atoms with van der Waals surface area (Å²) in [7, 11) is 0. The van der Waals surface area contributed by atoms with Gasteiger partial charge in [-0.1, -0.05) is 27.7 Å². The Morgan fingerprint density at radius 3 is 1.95 bits per heavy atom. The highest BCUT2D eigenvalue weighted by Crippen LogP contribution is 2.26. The third-order valence-electron chi connectivity index (χ3n) is 6.72. The number of nitrogens with zero attached hydrogens (tertiary/aromatic N) is 3. The molecule has 2 heterocycles. The van der Waals surface area contributed by atoms with Gasteiger partial charge in [-0.15, -0.1) is 0 Å². The molecule has 0 saturated carbocycles. The molecule has 2 aliphatic rings. The highest BCUT2D eigenvalue weighted by Gasteiger charge is 2.40. The molecular formula is C29H36N4O10. The van der Waals surface area contributed by atoms with E-state index in [0.29, 0.717) is 11.0 Å². The van der Waals surface area contributed by atoms with Gasteiger partial charge in [0.25, 0.3) is 5.56 Å². The minimum Gasteiger partial charge on any atom is -0.462 e. The second kappa shape index (κ2) is 14.5. The van der Waals surface area contributed by atoms with E-state index in [1.165, 1.54) is 4.57 Å². The van der Waals surface area contributed by atoms with Crippen molar-refractivity contribution >= 4 is 34.9 Å². The normalized spacial score (nSPS) is 13.3. The number of hydrogen-bond donors (Lipinski definition) is 1. The second-order valence-corrected chi connectivity index (χ2v) is 9.80. The minimum absolute atomic E-state index is 0.0312. The Hall–Kier alpha value is -4.62. The number of benzene rings is 1. The van der Waals surface area contributed by atoms with Crippen molar-refractivity contribution in [2.24, 2.45) is 0 Å². The molecule has 0 fully saturated rings. The van der Waals surface area contributed by atoms with Gasteiger partial charge in [0.2, 0.25) is 0 Å². The van der Waals surface area contributed by atoms with Gasteiger partial charge in [0.15, 0.2) is 29.8 Å². The van der Waals surface area contributed by atoms with E-state index in [1.54, 1.807) is 39.8 Å². The van der Waals surface area contributed by atoms with Crippen molar-refractivity contribution in [2.45, 2.75) is 92.1 Å². The van der Waals surface area contributed by atoms with Crippen LogP contribution in [0.1, 0.15) is 64.5 Å². The van der Waals surface area contributed by atoms with E-state index in [0.717, 1.165) is 11.1 Å². The summed E-state index contributed by atoms with van der Waals surface area (Å²) in [5.41, 5.74) is 0.704. The topological polar surface area (TPSA) is 186 Å². The molecule has 0 bridgehead atoms. The Morgan fingerprint density at radius 2 is 1.35 bits per heavy atom. The fraction of sp³-hybridized carbons (Fsp3) is 0.517. The molecule has 0 radical (unpaired) electrons. The maximum absolute atomic E-state index is 12.8. The van der Waals surface area contributed by atoms with Crippen molar-refractivity contribution in [1.82, 2.24) is 19.5 Å². The number of rotatable bonds is 13. The van der Waals surface area contributed by atoms with Gasteiger partial charge >= 0.3 is 29.6 Å². The lowest BCUT2D eigenvalue weighted by molar-refractivity contribution is -0.192. The van der Waals surface area contributed by atoms with E-state index in [4.69, 9.17) is 18.9 Å². The standard InChI is InChI=1S/C29H36N4O10/c1-7-21(34)40-14-20(42-23(36)9-3)26(43-24(37)10-4)19(41-22(35)8-2)13-33-18-12-16(6)15(5)11-17(18)30-25-27(33)31-29(39)32-28(25)38/h11-12,19-20,26H,7-10,13-14H2,1-6H3,(H,32,38,39)/t19-,20+,26-/m1/s1. The third kappa shape index (κ3) is 8.02. The van der Waals surface area contributed by atoms with Gasteiger partial charge in [0.1, 0.15) is 6.61 Å². The highest BCUT2D eigenvalue weighted by atomic mass is 16.6. The lowest BCUT2D eigenvalue weighted by atomic mass is 10.1. The number of aromatic nitrogens is 4. The highest BCUT2D eigenvalue weighted by molar-refractivity contribution is 5.81. The SMILES string of the molecule is CCC(=O)OC[C@H](OC(=O)CC)[C@H](OC(=O)CC)[C@@H](Cn1c2nc(=O)[nH]c(=O)c-2nc2cc(C)c(C)cc21)OC(=O)CC. The molecule has 3 rings (SSSR count). The Labute approximate surface area is 247 Å². The van der Waals surface area contributed by atoms with Crippen LogP contribution in [0.3, 0.4) is 0 Å². The maximum atomic E-state index is 12.8. The van der Waals surface area contributed by atoms with Gasteiger partial charge in [-0.05, 0) is 37.1 Å². The Morgan fingerprint density at radius 1 is 0.791 bits per heavy atom. The van der Waals surface area contributed by atoms with Gasteiger partial charge < -0.3 is 23.5 Å². The summed E-state index contributed by atoms with van der Waals surface area (Å²) in [5, 5.41) is 0. The summed E-state index contributed by atoms with van der Waals surface area (Å²) in [4.78, 5) is 85.5. The van der Waals surface area contributed by atoms with Crippen LogP contribution in [-0.2, 0) is 44.7 Å². The van der Waals surface area contributed by atoms with E-state index in [9.17, 15) is 28.8 Å². The first kappa shape index (κ1) is 32.9. The third-order valence-corrected chi connectivity index (χ3v) is 6.72. The lowest BCUT2D eigenvalue weighted by Gasteiger charge is -2.33. The summed E-state index contributed by atoms with van der Waals surface area (Å²) in [6, 6.07) is 3.52. The van der Waals surface area contributed by atoms with Crippen LogP contribution in [0.25, 0.3) is 22.6 Å². The monoisotopic (exact) mass is 600 g/mol. The summed E-state index contributed by atoms with van der Waals surface area (Å²) in [6.45, 7) is 9.15. The summed E-state index contributed by atoms with van der Waals surface area (Å²) < 4.78 is 23.8. The molecule has 0 unspecified atom stereocenters. The zero-order valence-electron chi connectivity index (χ0n) is 25.1. The van der Waals surface area contributed by atoms with Crippen molar-refractivity contribution < 1.29 is 38.1 Å². The first-order chi connectivity index (χ1) is 20.4. The first-order valence-electron chi connectivity index (χ1n) is 14.1. The summed E-state index contributed by atoms with van der Waals surface area (Å²) >= 11 is 0. The minimum atomic E-state index is -1.46. The molecule has 1 N–H and O–H groups in total. The van der Waals surface area contributed by atoms with Crippen molar-refractivity contribution in [3.8, 4) is 11.5 Å². The molecule has 43 heavy (non-hydrogen) atoms. The Bertz CT molecular complexity index is 1590. The maximum Gasteiger partial charge on any atom is 0.349 e. The van der Waals surface area contributed by atoms with Crippen LogP contribution in [0.15, 0.2) is 21.7 Å². The fourth-order valence-corrected chi connectivity index (χ4v) is 4.23. The van der Waals surface area contributed by atoms with Crippen LogP contribution in [0.4, 0.5) is 0 Å². The number of fused-ring (bicyclic) bond motifs is 2. The predicted molar refractivity (Wildman–Crippen MR) is 152 cm³/mol. The number of nitrogens with one attached hydrogen (secondary N) is 1. The zero-order chi connectivity index (χ0) is 31.8. The average molecular weight is 601 g/mol. The molecule has 232 valence electrons. The molecule has 14 heteroatoms. The molecule has 2 aliphatic heterocycles. The van der Waals surface area contributed by atoms with Crippen molar-refractivity contribution in [2.75, 3.05) is 6.61 Å². The molecular weight excluding hydrogens is 564 g/mol. The lowest BCUT2D eigenvalue weighted by Crippen LogP contribution is -2.49. The number of H-pyrrole nitrogens is 1. The second-order valence-electron chi connectivity index (χ2n) is 9.80. The van der Waals surface area contributed by atoms with E-state index in [1.807, 2.05) is 13.8 Å². The van der Waals surface area contributed by atoms with Crippen LogP contribution >= 0.6 is 0 Å². The van der Waals surface area contributed by atoms with Crippen molar-refractivity contribution in [3.63, 3.8) is 0 Å². The molecule has 0 amide bonds. The quantitative estimate of drug-likeness (QED) is 0.171. The Balaban J connectivity index is 2.29. The van der Waals surface area contributed by atoms with Crippen LogP contribution in [0, 0.1) is 13.8 Å². The number of hydrogen-bond acceptors (Lipinski definition) is 12. The van der Waals surface area contributed by atoms with E-state index < -0.39 is 60.0 Å². The van der Waals surface area contributed by atoms with Crippen LogP contribution in [0.5, 0.6) is 0 Å². The number of ether oxygens (including phenoxy) is 4. The van der Waals surface area contributed by atoms with Crippen LogP contribution < -0.4 is 11.2 Å². The van der Waals surface area contributed by atoms with Gasteiger partial charge in [-0.25, -0.2) is 9.78 Å². The number of aryl methyl sites for hydroxylation is 2. The zero-order valence-corrected chi connectivity index (χ0v) is 25.1. The molecule has 0 saturated heterocycles. The molecule has 0 aromatic heterocycles. The largest absolute Gasteiger partial charge is 0.462 e. The average Bonchev–Trinajstić information content (AvgIpc) is 2.98. The molecule has 0 spiro atoms. The van der Waals surface area contributed by atoms with E-state index >= 15 is 0 Å². The van der Waals surface area contributed by atoms with Crippen molar-refractivity contribution in [1.29, 1.82) is 0 Å². The molecule has 14 nitrogen and oxygen atoms in total. The molecule has 3 atom stereocenters. The smallest absolute Gasteiger partial charge is 0.349 e. The van der Waals surface area contributed by atoms with Gasteiger partial charge in [-0.2, -0.15) is 4.98 Å². The fourth-order valence-electron chi connectivity index (χ4n) is 4.23. The molecule has 0 aliphatic carbocycles. The first-order valence-corrected chi connectivity index (χ1v) is 14.1. The summed E-state index contributed by atoms with van der Waals surface area (Å²) in [5.74, 6) is -2.78. The van der Waals surface area contributed by atoms with E-state index in [-0.39, 0.29) is 43.7 Å². The van der Waals surface area contributed by atoms with E-state index in [2.05, 4.69) is 15.0 Å². The molecule has 1 aromatic carbocycles. The van der Waals surface area contributed by atoms with Gasteiger partial charge in [0.05, 0.1) is 17.6 Å². The Kier molecular flexibility index (Phi) is 11.1. The van der Waals surface area contributed by atoms with Crippen molar-refractivity contribution in [3.05, 3.63) is 44.1 Å². The summed E-state index contributed by atoms with van der Waals surface area (Å²) in [6.07, 6.45) is -4.34. The number of aromatic amines is 1. The number of esters is 4. The van der Waals surface area contributed by atoms with Crippen LogP contribution in [-0.4, -0.2) is 68.3 Å². The van der Waals surface area contributed by atoms with Gasteiger partial charge in [-0.3, -0.25) is 29.0 Å². The van der Waals surface area contributed by atoms with Crippen LogP contribution in [0.2, 0.25) is 0 Å². The predicted octanol–water partition coefficient (Wildman–Crippen LogP) is 2.12. The number of carbonyl (C=O) groups is 4. The van der Waals surface area contributed by atoms with Gasteiger partial charge in [0, 0.05) is 25.7 Å². The molecule has 1 aromatic rings.